The Kier molecular flexibility index (Phi) is 3.45. The van der Waals surface area contributed by atoms with Crippen molar-refractivity contribution >= 4 is 28.1 Å². The molecule has 6 heteroatoms. The summed E-state index contributed by atoms with van der Waals surface area (Å²) in [5.41, 5.74) is 0. The van der Waals surface area contributed by atoms with E-state index in [-0.39, 0.29) is 19.3 Å². The molecule has 84 valence electrons. The topological polar surface area (TPSA) is 56.6 Å². The Bertz CT molecular complexity index is 345. The lowest BCUT2D eigenvalue weighted by atomic mass is 10.2. The quantitative estimate of drug-likeness (QED) is 0.846. The molecule has 1 saturated heterocycles. The molecule has 2 heterocycles. The van der Waals surface area contributed by atoms with Gasteiger partial charge in [0.1, 0.15) is 5.15 Å². The van der Waals surface area contributed by atoms with Gasteiger partial charge in [0.2, 0.25) is 0 Å². The molecule has 2 rings (SSSR count). The van der Waals surface area contributed by atoms with Gasteiger partial charge in [0.15, 0.2) is 5.13 Å². The molecular formula is C9H13ClN2O2S. The van der Waals surface area contributed by atoms with E-state index in [1.54, 1.807) is 0 Å². The van der Waals surface area contributed by atoms with Crippen molar-refractivity contribution in [2.75, 3.05) is 18.1 Å². The summed E-state index contributed by atoms with van der Waals surface area (Å²) in [4.78, 5) is 6.96. The SMILES string of the molecule is OCc1sc(N2CCCC2CO)nc1Cl. The second kappa shape index (κ2) is 4.65. The highest BCUT2D eigenvalue weighted by molar-refractivity contribution is 7.16. The Morgan fingerprint density at radius 1 is 1.53 bits per heavy atom. The van der Waals surface area contributed by atoms with Crippen molar-refractivity contribution in [3.05, 3.63) is 10.0 Å². The number of anilines is 1. The van der Waals surface area contributed by atoms with Crippen molar-refractivity contribution in [1.29, 1.82) is 0 Å². The highest BCUT2D eigenvalue weighted by Crippen LogP contribution is 2.33. The maximum Gasteiger partial charge on any atom is 0.187 e. The highest BCUT2D eigenvalue weighted by atomic mass is 35.5. The monoisotopic (exact) mass is 248 g/mol. The van der Waals surface area contributed by atoms with E-state index in [0.717, 1.165) is 24.5 Å². The Hall–Kier alpha value is -0.360. The number of halogens is 1. The first-order valence-electron chi connectivity index (χ1n) is 4.89. The number of hydrogen-bond donors (Lipinski definition) is 2. The number of aliphatic hydroxyl groups is 2. The molecule has 1 unspecified atom stereocenters. The Morgan fingerprint density at radius 3 is 2.93 bits per heavy atom. The number of aromatic nitrogens is 1. The molecule has 1 aromatic heterocycles. The molecule has 1 fully saturated rings. The summed E-state index contributed by atoms with van der Waals surface area (Å²) in [6, 6.07) is 0.152. The van der Waals surface area contributed by atoms with Crippen molar-refractivity contribution in [2.24, 2.45) is 0 Å². The fourth-order valence-electron chi connectivity index (χ4n) is 1.82. The second-order valence-electron chi connectivity index (χ2n) is 3.54. The molecule has 1 aromatic rings. The van der Waals surface area contributed by atoms with Crippen molar-refractivity contribution in [3.8, 4) is 0 Å². The third-order valence-electron chi connectivity index (χ3n) is 2.62. The molecule has 15 heavy (non-hydrogen) atoms. The molecule has 1 aliphatic rings. The van der Waals surface area contributed by atoms with Crippen molar-refractivity contribution in [1.82, 2.24) is 4.98 Å². The summed E-state index contributed by atoms with van der Waals surface area (Å²) in [5, 5.41) is 19.4. The molecule has 0 radical (unpaired) electrons. The lowest BCUT2D eigenvalue weighted by Gasteiger charge is -2.21. The first kappa shape index (κ1) is 11.1. The molecule has 1 aliphatic heterocycles. The smallest absolute Gasteiger partial charge is 0.187 e. The average molecular weight is 249 g/mol. The number of aliphatic hydroxyl groups excluding tert-OH is 2. The minimum Gasteiger partial charge on any atom is -0.394 e. The van der Waals surface area contributed by atoms with Crippen LogP contribution in [0.15, 0.2) is 0 Å². The van der Waals surface area contributed by atoms with Gasteiger partial charge in [0, 0.05) is 6.54 Å². The van der Waals surface area contributed by atoms with Crippen LogP contribution in [0.1, 0.15) is 17.7 Å². The van der Waals surface area contributed by atoms with Gasteiger partial charge in [-0.15, -0.1) is 0 Å². The summed E-state index contributed by atoms with van der Waals surface area (Å²) in [5.74, 6) is 0. The molecule has 1 atom stereocenters. The zero-order chi connectivity index (χ0) is 10.8. The van der Waals surface area contributed by atoms with Gasteiger partial charge in [-0.2, -0.15) is 0 Å². The van der Waals surface area contributed by atoms with Crippen molar-refractivity contribution < 1.29 is 10.2 Å². The van der Waals surface area contributed by atoms with E-state index in [1.165, 1.54) is 11.3 Å². The van der Waals surface area contributed by atoms with Crippen LogP contribution in [0.2, 0.25) is 5.15 Å². The number of thiazole rings is 1. The standard InChI is InChI=1S/C9H13ClN2O2S/c10-8-7(5-14)15-9(11-8)12-3-1-2-6(12)4-13/h6,13-14H,1-5H2. The van der Waals surface area contributed by atoms with E-state index < -0.39 is 0 Å². The van der Waals surface area contributed by atoms with Gasteiger partial charge < -0.3 is 15.1 Å². The van der Waals surface area contributed by atoms with Crippen LogP contribution in [0.3, 0.4) is 0 Å². The minimum absolute atomic E-state index is 0.0753. The zero-order valence-electron chi connectivity index (χ0n) is 8.19. The molecule has 0 aromatic carbocycles. The van der Waals surface area contributed by atoms with Crippen LogP contribution in [-0.2, 0) is 6.61 Å². The van der Waals surface area contributed by atoms with Crippen LogP contribution >= 0.6 is 22.9 Å². The molecule has 4 nitrogen and oxygen atoms in total. The van der Waals surface area contributed by atoms with E-state index in [4.69, 9.17) is 16.7 Å². The number of nitrogens with zero attached hydrogens (tertiary/aromatic N) is 2. The number of rotatable bonds is 3. The van der Waals surface area contributed by atoms with Crippen LogP contribution in [0.5, 0.6) is 0 Å². The molecule has 0 spiro atoms. The van der Waals surface area contributed by atoms with Gasteiger partial charge in [-0.05, 0) is 12.8 Å². The first-order chi connectivity index (χ1) is 7.26. The third kappa shape index (κ3) is 2.10. The van der Waals surface area contributed by atoms with Gasteiger partial charge in [0.25, 0.3) is 0 Å². The molecule has 0 aliphatic carbocycles. The predicted octanol–water partition coefficient (Wildman–Crippen LogP) is 1.25. The summed E-state index contributed by atoms with van der Waals surface area (Å²) in [7, 11) is 0. The maximum absolute atomic E-state index is 9.18. The van der Waals surface area contributed by atoms with Crippen LogP contribution in [0, 0.1) is 0 Å². The van der Waals surface area contributed by atoms with Crippen LogP contribution < -0.4 is 4.90 Å². The van der Waals surface area contributed by atoms with Crippen molar-refractivity contribution in [2.45, 2.75) is 25.5 Å². The average Bonchev–Trinajstić information content (AvgIpc) is 2.82. The second-order valence-corrected chi connectivity index (χ2v) is 4.96. The van der Waals surface area contributed by atoms with E-state index in [0.29, 0.717) is 10.0 Å². The van der Waals surface area contributed by atoms with Crippen LogP contribution in [0.25, 0.3) is 0 Å². The van der Waals surface area contributed by atoms with Gasteiger partial charge in [-0.25, -0.2) is 4.98 Å². The largest absolute Gasteiger partial charge is 0.394 e. The molecule has 0 amide bonds. The third-order valence-corrected chi connectivity index (χ3v) is 4.12. The number of hydrogen-bond acceptors (Lipinski definition) is 5. The fraction of sp³-hybridized carbons (Fsp3) is 0.667. The van der Waals surface area contributed by atoms with E-state index in [9.17, 15) is 5.11 Å². The normalized spacial score (nSPS) is 21.3. The Balaban J connectivity index is 2.21. The van der Waals surface area contributed by atoms with Crippen LogP contribution in [-0.4, -0.2) is 34.4 Å². The molecule has 2 N–H and O–H groups in total. The van der Waals surface area contributed by atoms with Gasteiger partial charge in [-0.1, -0.05) is 22.9 Å². The van der Waals surface area contributed by atoms with Crippen LogP contribution in [0.4, 0.5) is 5.13 Å². The maximum atomic E-state index is 9.18. The van der Waals surface area contributed by atoms with E-state index in [2.05, 4.69) is 9.88 Å². The Morgan fingerprint density at radius 2 is 2.33 bits per heavy atom. The first-order valence-corrected chi connectivity index (χ1v) is 6.09. The highest BCUT2D eigenvalue weighted by Gasteiger charge is 2.26. The predicted molar refractivity (Wildman–Crippen MR) is 60.5 cm³/mol. The summed E-state index contributed by atoms with van der Waals surface area (Å²) >= 11 is 7.26. The van der Waals surface area contributed by atoms with E-state index in [1.807, 2.05) is 0 Å². The molecule has 0 bridgehead atoms. The van der Waals surface area contributed by atoms with Gasteiger partial charge in [-0.3, -0.25) is 0 Å². The summed E-state index contributed by atoms with van der Waals surface area (Å²) in [6.45, 7) is 0.972. The fourth-order valence-corrected chi connectivity index (χ4v) is 3.03. The van der Waals surface area contributed by atoms with Gasteiger partial charge >= 0.3 is 0 Å². The zero-order valence-corrected chi connectivity index (χ0v) is 9.76. The Labute approximate surface area is 97.1 Å². The lowest BCUT2D eigenvalue weighted by Crippen LogP contribution is -2.31. The summed E-state index contributed by atoms with van der Waals surface area (Å²) < 4.78 is 0. The van der Waals surface area contributed by atoms with E-state index >= 15 is 0 Å². The van der Waals surface area contributed by atoms with Gasteiger partial charge in [0.05, 0.1) is 24.1 Å². The molecule has 0 saturated carbocycles. The van der Waals surface area contributed by atoms with Crippen molar-refractivity contribution in [3.63, 3.8) is 0 Å². The minimum atomic E-state index is -0.0753. The lowest BCUT2D eigenvalue weighted by molar-refractivity contribution is 0.266. The summed E-state index contributed by atoms with van der Waals surface area (Å²) in [6.07, 6.45) is 2.05. The molecular weight excluding hydrogens is 236 g/mol.